The molecule has 198 valence electrons. The monoisotopic (exact) mass is 508 g/mol. The van der Waals surface area contributed by atoms with Crippen LogP contribution in [0, 0.1) is 23.7 Å². The van der Waals surface area contributed by atoms with E-state index in [4.69, 9.17) is 4.74 Å². The number of rotatable bonds is 13. The van der Waals surface area contributed by atoms with Gasteiger partial charge in [0, 0.05) is 18.3 Å². The molecule has 2 bridgehead atoms. The molecule has 3 unspecified atom stereocenters. The van der Waals surface area contributed by atoms with E-state index in [9.17, 15) is 19.5 Å². The number of ether oxygens (including phenoxy) is 1. The second-order valence-electron chi connectivity index (χ2n) is 10.5. The molecule has 8 atom stereocenters. The first-order valence-electron chi connectivity index (χ1n) is 13.4. The van der Waals surface area contributed by atoms with Crippen LogP contribution in [0.15, 0.2) is 12.7 Å². The molecule has 3 aliphatic rings. The van der Waals surface area contributed by atoms with Gasteiger partial charge in [-0.2, -0.15) is 0 Å². The number of carbonyl (C=O) groups excluding carboxylic acids is 3. The Morgan fingerprint density at radius 1 is 1.34 bits per heavy atom. The maximum absolute atomic E-state index is 14.4. The summed E-state index contributed by atoms with van der Waals surface area (Å²) in [5.74, 6) is -1.63. The zero-order chi connectivity index (χ0) is 25.9. The topological polar surface area (TPSA) is 87.2 Å². The molecule has 0 radical (unpaired) electrons. The molecule has 35 heavy (non-hydrogen) atoms. The molecule has 0 aliphatic carbocycles. The molecular weight excluding hydrogens is 464 g/mol. The Kier molecular flexibility index (Phi) is 9.35. The molecule has 3 aliphatic heterocycles. The number of hydrogen-bond donors (Lipinski definition) is 1. The first-order chi connectivity index (χ1) is 16.7. The fraction of sp³-hybridized carbons (Fsp3) is 0.815. The Bertz CT molecular complexity index is 806. The lowest BCUT2D eigenvalue weighted by molar-refractivity contribution is -0.154. The standard InChI is InChI=1S/C27H44N2O5S/c1-7-11-12-14-28(13-8-2)25(32)23-27-18(6)15-20(35-27)21(26(33)34-10-4)22(27)24(31)29(23)19(16-30)17(5)9-3/h8,17-23,30H,2,7,9-16H2,1,3-6H3/t17-,18?,19-,20-,21+,22-,23?,27?/m0/s1. The highest BCUT2D eigenvalue weighted by Gasteiger charge is 2.77. The van der Waals surface area contributed by atoms with Crippen LogP contribution in [-0.4, -0.2) is 81.1 Å². The van der Waals surface area contributed by atoms with Crippen molar-refractivity contribution < 1.29 is 24.2 Å². The van der Waals surface area contributed by atoms with Gasteiger partial charge in [-0.05, 0) is 31.6 Å². The number of aliphatic hydroxyl groups is 1. The number of carbonyl (C=O) groups is 3. The highest BCUT2D eigenvalue weighted by Crippen LogP contribution is 2.69. The van der Waals surface area contributed by atoms with E-state index in [1.165, 1.54) is 0 Å². The van der Waals surface area contributed by atoms with Crippen molar-refractivity contribution >= 4 is 29.5 Å². The molecule has 3 saturated heterocycles. The van der Waals surface area contributed by atoms with Gasteiger partial charge >= 0.3 is 5.97 Å². The molecule has 1 N–H and O–H groups in total. The zero-order valence-corrected chi connectivity index (χ0v) is 22.9. The summed E-state index contributed by atoms with van der Waals surface area (Å²) in [4.78, 5) is 45.2. The van der Waals surface area contributed by atoms with Gasteiger partial charge in [0.1, 0.15) is 6.04 Å². The van der Waals surface area contributed by atoms with Crippen molar-refractivity contribution in [2.45, 2.75) is 88.8 Å². The maximum atomic E-state index is 14.4. The maximum Gasteiger partial charge on any atom is 0.310 e. The van der Waals surface area contributed by atoms with Gasteiger partial charge in [-0.3, -0.25) is 14.4 Å². The Labute approximate surface area is 215 Å². The van der Waals surface area contributed by atoms with Crippen molar-refractivity contribution in [2.24, 2.45) is 23.7 Å². The van der Waals surface area contributed by atoms with Gasteiger partial charge in [-0.1, -0.05) is 53.0 Å². The van der Waals surface area contributed by atoms with Gasteiger partial charge in [0.2, 0.25) is 11.8 Å². The van der Waals surface area contributed by atoms with Crippen LogP contribution in [0.4, 0.5) is 0 Å². The van der Waals surface area contributed by atoms with Crippen LogP contribution >= 0.6 is 11.8 Å². The summed E-state index contributed by atoms with van der Waals surface area (Å²) in [6, 6.07) is -1.19. The third kappa shape index (κ3) is 4.65. The van der Waals surface area contributed by atoms with Crippen LogP contribution < -0.4 is 0 Å². The van der Waals surface area contributed by atoms with Gasteiger partial charge in [0.15, 0.2) is 0 Å². The number of aliphatic hydroxyl groups excluding tert-OH is 1. The van der Waals surface area contributed by atoms with E-state index in [1.54, 1.807) is 29.7 Å². The highest BCUT2D eigenvalue weighted by atomic mass is 32.2. The highest BCUT2D eigenvalue weighted by molar-refractivity contribution is 8.02. The average Bonchev–Trinajstić information content (AvgIpc) is 3.43. The quantitative estimate of drug-likeness (QED) is 0.233. The van der Waals surface area contributed by atoms with Gasteiger partial charge < -0.3 is 19.6 Å². The normalized spacial score (nSPS) is 32.9. The lowest BCUT2D eigenvalue weighted by atomic mass is 9.66. The van der Waals surface area contributed by atoms with Gasteiger partial charge in [-0.15, -0.1) is 18.3 Å². The summed E-state index contributed by atoms with van der Waals surface area (Å²) in [6.07, 6.45) is 6.24. The van der Waals surface area contributed by atoms with Gasteiger partial charge in [-0.25, -0.2) is 0 Å². The van der Waals surface area contributed by atoms with E-state index in [1.807, 2.05) is 18.7 Å². The number of likely N-dealkylation sites (tertiary alicyclic amines) is 1. The number of nitrogens with zero attached hydrogens (tertiary/aromatic N) is 2. The smallest absolute Gasteiger partial charge is 0.310 e. The Morgan fingerprint density at radius 3 is 2.63 bits per heavy atom. The van der Waals surface area contributed by atoms with E-state index >= 15 is 0 Å². The first kappa shape index (κ1) is 28.0. The fourth-order valence-electron chi connectivity index (χ4n) is 6.59. The number of fused-ring (bicyclic) bond motifs is 1. The van der Waals surface area contributed by atoms with Crippen molar-refractivity contribution in [3.63, 3.8) is 0 Å². The minimum absolute atomic E-state index is 0.0148. The lowest BCUT2D eigenvalue weighted by Gasteiger charge is -2.43. The summed E-state index contributed by atoms with van der Waals surface area (Å²) in [7, 11) is 0. The lowest BCUT2D eigenvalue weighted by Crippen LogP contribution is -2.60. The summed E-state index contributed by atoms with van der Waals surface area (Å²) >= 11 is 1.66. The van der Waals surface area contributed by atoms with Crippen molar-refractivity contribution in [3.05, 3.63) is 12.7 Å². The van der Waals surface area contributed by atoms with E-state index < -0.39 is 28.7 Å². The molecular formula is C27H44N2O5S. The number of hydrogen-bond acceptors (Lipinski definition) is 6. The molecule has 3 rings (SSSR count). The minimum atomic E-state index is -0.711. The molecule has 0 aromatic carbocycles. The second kappa shape index (κ2) is 11.7. The Morgan fingerprint density at radius 2 is 2.06 bits per heavy atom. The van der Waals surface area contributed by atoms with Crippen LogP contribution in [0.1, 0.15) is 66.7 Å². The van der Waals surface area contributed by atoms with Crippen LogP contribution in [-0.2, 0) is 19.1 Å². The summed E-state index contributed by atoms with van der Waals surface area (Å²) < 4.78 is 4.73. The number of thioether (sulfide) groups is 1. The predicted molar refractivity (Wildman–Crippen MR) is 139 cm³/mol. The van der Waals surface area contributed by atoms with Crippen LogP contribution in [0.5, 0.6) is 0 Å². The minimum Gasteiger partial charge on any atom is -0.466 e. The molecule has 8 heteroatoms. The van der Waals surface area contributed by atoms with E-state index in [-0.39, 0.29) is 48.1 Å². The van der Waals surface area contributed by atoms with Gasteiger partial charge in [0.05, 0.1) is 35.8 Å². The Balaban J connectivity index is 2.11. The van der Waals surface area contributed by atoms with Crippen LogP contribution in [0.2, 0.25) is 0 Å². The van der Waals surface area contributed by atoms with Gasteiger partial charge in [0.25, 0.3) is 0 Å². The SMILES string of the molecule is C=CCN(CCCCC)C(=O)C1N([C@@H](CO)[C@@H](C)CC)C(=O)[C@@H]2[C@H](C(=O)OCC)[C@@H]3CC(C)C12S3. The van der Waals surface area contributed by atoms with Crippen molar-refractivity contribution in [1.29, 1.82) is 0 Å². The molecule has 2 amide bonds. The van der Waals surface area contributed by atoms with E-state index in [2.05, 4.69) is 20.4 Å². The Hall–Kier alpha value is -1.54. The van der Waals surface area contributed by atoms with Crippen molar-refractivity contribution in [1.82, 2.24) is 9.80 Å². The third-order valence-corrected chi connectivity index (χ3v) is 10.6. The van der Waals surface area contributed by atoms with Crippen LogP contribution in [0.3, 0.4) is 0 Å². The second-order valence-corrected chi connectivity index (χ2v) is 12.0. The molecule has 3 heterocycles. The summed E-state index contributed by atoms with van der Waals surface area (Å²) in [6.45, 7) is 15.0. The molecule has 7 nitrogen and oxygen atoms in total. The first-order valence-corrected chi connectivity index (χ1v) is 14.3. The summed E-state index contributed by atoms with van der Waals surface area (Å²) in [5.41, 5.74) is 0. The zero-order valence-electron chi connectivity index (χ0n) is 22.1. The molecule has 1 spiro atoms. The predicted octanol–water partition coefficient (Wildman–Crippen LogP) is 3.50. The number of amides is 2. The third-order valence-electron chi connectivity index (χ3n) is 8.51. The largest absolute Gasteiger partial charge is 0.466 e. The van der Waals surface area contributed by atoms with Crippen molar-refractivity contribution in [2.75, 3.05) is 26.3 Å². The number of esters is 1. The van der Waals surface area contributed by atoms with E-state index in [0.717, 1.165) is 32.1 Å². The molecule has 0 aromatic rings. The van der Waals surface area contributed by atoms with E-state index in [0.29, 0.717) is 13.1 Å². The molecule has 0 aromatic heterocycles. The molecule has 3 fully saturated rings. The fourth-order valence-corrected chi connectivity index (χ4v) is 8.98. The molecule has 0 saturated carbocycles. The van der Waals surface area contributed by atoms with Crippen molar-refractivity contribution in [3.8, 4) is 0 Å². The van der Waals surface area contributed by atoms with Crippen LogP contribution in [0.25, 0.3) is 0 Å². The average molecular weight is 509 g/mol. The number of unbranched alkanes of at least 4 members (excludes halogenated alkanes) is 2. The summed E-state index contributed by atoms with van der Waals surface area (Å²) in [5, 5.41) is 10.4.